The van der Waals surface area contributed by atoms with Gasteiger partial charge in [0, 0.05) is 46.0 Å². The van der Waals surface area contributed by atoms with E-state index in [2.05, 4.69) is 119 Å². The zero-order valence-corrected chi connectivity index (χ0v) is 42.6. The van der Waals surface area contributed by atoms with E-state index in [1.165, 1.54) is 0 Å². The molecular formula is C51H96N4O5. The number of nitrogens with zero attached hydrogens (tertiary/aromatic N) is 2. The van der Waals surface area contributed by atoms with Crippen molar-refractivity contribution in [2.45, 2.75) is 261 Å². The minimum Gasteiger partial charge on any atom is -0.449 e. The molecule has 0 aromatic carbocycles. The summed E-state index contributed by atoms with van der Waals surface area (Å²) in [4.78, 5) is 59.3. The molecule has 2 saturated heterocycles. The Labute approximate surface area is 369 Å². The normalized spacial score (nSPS) is 22.3. The predicted molar refractivity (Wildman–Crippen MR) is 251 cm³/mol. The molecule has 0 aromatic rings. The fourth-order valence-electron chi connectivity index (χ4n) is 10.6. The van der Waals surface area contributed by atoms with E-state index in [4.69, 9.17) is 4.74 Å². The van der Waals surface area contributed by atoms with E-state index < -0.39 is 21.9 Å². The summed E-state index contributed by atoms with van der Waals surface area (Å²) in [7, 11) is 0. The molecule has 2 aliphatic rings. The lowest BCUT2D eigenvalue weighted by atomic mass is 9.71. The first kappa shape index (κ1) is 54.3. The number of carbonyl (C=O) groups excluding carboxylic acids is 4. The number of amides is 1. The van der Waals surface area contributed by atoms with Gasteiger partial charge in [0.05, 0.1) is 23.2 Å². The predicted octanol–water partition coefficient (Wildman–Crippen LogP) is 11.6. The second-order valence-electron chi connectivity index (χ2n) is 25.2. The van der Waals surface area contributed by atoms with E-state index in [0.29, 0.717) is 37.7 Å². The Kier molecular flexibility index (Phi) is 18.8. The molecule has 2 N–H and O–H groups in total. The van der Waals surface area contributed by atoms with E-state index in [-0.39, 0.29) is 39.4 Å². The molecule has 2 heterocycles. The molecule has 0 bridgehead atoms. The standard InChI is InChI=1S/C51H96N4O5/c1-43(2,3)39(56)49(52-46(10,11)12,31-26-22-23-27-32-51(41(58)45(7,8)9)33-29-35-55(51)48(16,17)18)30-25-21-19-20-24-28-37-60-42(59)54-36-34-50(38-54,53-47(13,14)15)40(57)44(4,5)6/h52-53H,19-38H2,1-18H3/t49?,50-,51+/m1/s1. The summed E-state index contributed by atoms with van der Waals surface area (Å²) in [6, 6.07) is 0. The van der Waals surface area contributed by atoms with Crippen molar-refractivity contribution in [1.29, 1.82) is 0 Å². The molecule has 3 atom stereocenters. The highest BCUT2D eigenvalue weighted by Crippen LogP contribution is 2.44. The number of hydrogen-bond donors (Lipinski definition) is 2. The Bertz CT molecular complexity index is 1420. The van der Waals surface area contributed by atoms with Gasteiger partial charge in [0.15, 0.2) is 17.3 Å². The quantitative estimate of drug-likeness (QED) is 0.110. The number of likely N-dealkylation sites (tertiary alicyclic amines) is 2. The molecule has 9 heteroatoms. The third-order valence-electron chi connectivity index (χ3n) is 12.6. The van der Waals surface area contributed by atoms with Crippen LogP contribution >= 0.6 is 0 Å². The maximum atomic E-state index is 14.4. The Balaban J connectivity index is 1.94. The van der Waals surface area contributed by atoms with Crippen molar-refractivity contribution in [3.63, 3.8) is 0 Å². The number of unbranched alkanes of at least 4 members (excludes halogenated alkanes) is 8. The molecule has 60 heavy (non-hydrogen) atoms. The second-order valence-corrected chi connectivity index (χ2v) is 25.2. The Morgan fingerprint density at radius 3 is 1.53 bits per heavy atom. The van der Waals surface area contributed by atoms with E-state index in [1.807, 2.05) is 20.8 Å². The van der Waals surface area contributed by atoms with Crippen molar-refractivity contribution in [1.82, 2.24) is 20.4 Å². The number of rotatable bonds is 21. The molecular weight excluding hydrogens is 749 g/mol. The maximum Gasteiger partial charge on any atom is 0.409 e. The largest absolute Gasteiger partial charge is 0.449 e. The number of nitrogens with one attached hydrogen (secondary N) is 2. The average molecular weight is 845 g/mol. The Hall–Kier alpha value is -1.84. The van der Waals surface area contributed by atoms with Gasteiger partial charge in [-0.2, -0.15) is 0 Å². The summed E-state index contributed by atoms with van der Waals surface area (Å²) < 4.78 is 5.71. The lowest BCUT2D eigenvalue weighted by Crippen LogP contribution is -2.63. The molecule has 0 aliphatic carbocycles. The van der Waals surface area contributed by atoms with Gasteiger partial charge in [-0.1, -0.05) is 120 Å². The van der Waals surface area contributed by atoms with Crippen LogP contribution in [0.25, 0.3) is 0 Å². The van der Waals surface area contributed by atoms with Crippen LogP contribution in [0.15, 0.2) is 0 Å². The van der Waals surface area contributed by atoms with Crippen molar-refractivity contribution >= 4 is 23.4 Å². The summed E-state index contributed by atoms with van der Waals surface area (Å²) in [6.07, 6.45) is 14.9. The van der Waals surface area contributed by atoms with Crippen molar-refractivity contribution < 1.29 is 23.9 Å². The summed E-state index contributed by atoms with van der Waals surface area (Å²) >= 11 is 0. The van der Waals surface area contributed by atoms with E-state index in [1.54, 1.807) is 4.90 Å². The topological polar surface area (TPSA) is 108 Å². The molecule has 0 aromatic heterocycles. The Morgan fingerprint density at radius 2 is 1.07 bits per heavy atom. The van der Waals surface area contributed by atoms with Crippen LogP contribution in [0.1, 0.15) is 227 Å². The second kappa shape index (κ2) is 20.8. The van der Waals surface area contributed by atoms with Gasteiger partial charge in [-0.25, -0.2) is 4.79 Å². The van der Waals surface area contributed by atoms with Gasteiger partial charge in [-0.15, -0.1) is 0 Å². The van der Waals surface area contributed by atoms with Crippen LogP contribution < -0.4 is 10.6 Å². The molecule has 2 fully saturated rings. The van der Waals surface area contributed by atoms with Gasteiger partial charge in [0.1, 0.15) is 0 Å². The van der Waals surface area contributed by atoms with Gasteiger partial charge < -0.3 is 15.0 Å². The zero-order chi connectivity index (χ0) is 46.2. The van der Waals surface area contributed by atoms with Gasteiger partial charge in [-0.3, -0.25) is 24.6 Å². The number of hydrogen-bond acceptors (Lipinski definition) is 8. The first-order valence-corrected chi connectivity index (χ1v) is 24.1. The third kappa shape index (κ3) is 15.7. The number of Topliss-reactive ketones (excluding diaryl/α,β-unsaturated/α-hetero) is 3. The van der Waals surface area contributed by atoms with Crippen LogP contribution in [-0.4, -0.2) is 92.7 Å². The monoisotopic (exact) mass is 845 g/mol. The molecule has 0 radical (unpaired) electrons. The molecule has 1 unspecified atom stereocenters. The number of carbonyl (C=O) groups is 4. The molecule has 0 spiro atoms. The minimum atomic E-state index is -0.769. The molecule has 2 aliphatic heterocycles. The zero-order valence-electron chi connectivity index (χ0n) is 42.6. The fourth-order valence-corrected chi connectivity index (χ4v) is 10.6. The van der Waals surface area contributed by atoms with Gasteiger partial charge in [-0.05, 0) is 114 Å². The summed E-state index contributed by atoms with van der Waals surface area (Å²) in [5.41, 5.74) is -3.63. The first-order chi connectivity index (χ1) is 27.1. The highest BCUT2D eigenvalue weighted by molar-refractivity contribution is 5.94. The van der Waals surface area contributed by atoms with Crippen LogP contribution in [-0.2, 0) is 19.1 Å². The Morgan fingerprint density at radius 1 is 0.567 bits per heavy atom. The van der Waals surface area contributed by atoms with Crippen molar-refractivity contribution in [2.75, 3.05) is 26.2 Å². The van der Waals surface area contributed by atoms with Crippen molar-refractivity contribution in [3.8, 4) is 0 Å². The summed E-state index contributed by atoms with van der Waals surface area (Å²) in [5.74, 6) is 0.830. The molecule has 1 amide bonds. The third-order valence-corrected chi connectivity index (χ3v) is 12.6. The van der Waals surface area contributed by atoms with Crippen LogP contribution in [0, 0.1) is 16.2 Å². The van der Waals surface area contributed by atoms with Gasteiger partial charge >= 0.3 is 6.09 Å². The highest BCUT2D eigenvalue weighted by Gasteiger charge is 2.54. The van der Waals surface area contributed by atoms with Crippen molar-refractivity contribution in [3.05, 3.63) is 0 Å². The lowest BCUT2D eigenvalue weighted by molar-refractivity contribution is -0.141. The molecule has 2 rings (SSSR count). The lowest BCUT2D eigenvalue weighted by Gasteiger charge is -2.48. The SMILES string of the molecule is CC(C)(C)NC(CCCCCCCCOC(=O)N1CC[C@](NC(C)(C)C)(C(=O)C(C)(C)C)C1)(CCCCCC[C@@]1(C(=O)C(C)(C)C)CCCN1C(C)(C)C)C(=O)C(C)(C)C. The van der Waals surface area contributed by atoms with E-state index in [0.717, 1.165) is 103 Å². The van der Waals surface area contributed by atoms with Gasteiger partial charge in [0.25, 0.3) is 0 Å². The van der Waals surface area contributed by atoms with E-state index in [9.17, 15) is 19.2 Å². The number of ketones is 3. The first-order valence-electron chi connectivity index (χ1n) is 24.1. The van der Waals surface area contributed by atoms with Crippen LogP contribution in [0.4, 0.5) is 4.79 Å². The van der Waals surface area contributed by atoms with Crippen LogP contribution in [0.5, 0.6) is 0 Å². The van der Waals surface area contributed by atoms with Gasteiger partial charge in [0.2, 0.25) is 0 Å². The average Bonchev–Trinajstić information content (AvgIpc) is 3.71. The molecule has 0 saturated carbocycles. The van der Waals surface area contributed by atoms with Crippen LogP contribution in [0.3, 0.4) is 0 Å². The molecule has 9 nitrogen and oxygen atoms in total. The molecule has 350 valence electrons. The summed E-state index contributed by atoms with van der Waals surface area (Å²) in [5, 5.41) is 7.44. The summed E-state index contributed by atoms with van der Waals surface area (Å²) in [6.45, 7) is 39.9. The fraction of sp³-hybridized carbons (Fsp3) is 0.922. The maximum absolute atomic E-state index is 14.4. The highest BCUT2D eigenvalue weighted by atomic mass is 16.6. The van der Waals surface area contributed by atoms with Crippen molar-refractivity contribution in [2.24, 2.45) is 16.2 Å². The number of ether oxygens (including phenoxy) is 1. The smallest absolute Gasteiger partial charge is 0.409 e. The minimum absolute atomic E-state index is 0.0551. The van der Waals surface area contributed by atoms with Crippen LogP contribution in [0.2, 0.25) is 0 Å². The van der Waals surface area contributed by atoms with E-state index >= 15 is 0 Å².